The minimum Gasteiger partial charge on any atom is -0.444 e. The second kappa shape index (κ2) is 9.46. The second-order valence-electron chi connectivity index (χ2n) is 9.85. The maximum absolute atomic E-state index is 13.0. The Kier molecular flexibility index (Phi) is 6.61. The van der Waals surface area contributed by atoms with Gasteiger partial charge in [0, 0.05) is 37.9 Å². The number of hydrogen-bond donors (Lipinski definition) is 2. The summed E-state index contributed by atoms with van der Waals surface area (Å²) >= 11 is 0. The molecular weight excluding hydrogens is 432 g/mol. The monoisotopic (exact) mass is 464 g/mol. The Morgan fingerprint density at radius 1 is 1.26 bits per heavy atom. The smallest absolute Gasteiger partial charge is 0.410 e. The molecule has 8 nitrogen and oxygen atoms in total. The molecule has 0 saturated carbocycles. The van der Waals surface area contributed by atoms with E-state index in [0.717, 1.165) is 18.5 Å². The van der Waals surface area contributed by atoms with E-state index in [2.05, 4.69) is 34.6 Å². The van der Waals surface area contributed by atoms with E-state index in [9.17, 15) is 14.7 Å². The zero-order chi connectivity index (χ0) is 24.5. The highest BCUT2D eigenvalue weighted by atomic mass is 16.6. The first-order valence-corrected chi connectivity index (χ1v) is 11.5. The van der Waals surface area contributed by atoms with E-state index < -0.39 is 11.7 Å². The number of likely N-dealkylation sites (N-methyl/N-ethyl adjacent to an activating group) is 1. The number of fused-ring (bicyclic) bond motifs is 2. The Labute approximate surface area is 199 Å². The number of benzene rings is 1. The van der Waals surface area contributed by atoms with Gasteiger partial charge in [-0.1, -0.05) is 24.3 Å². The van der Waals surface area contributed by atoms with Crippen LogP contribution in [-0.4, -0.2) is 50.9 Å². The SMILES string of the molecule is CN(CCn1cc(CO)c(=O)c2cc(NC3Cc4ccccc4C3)cnc21)C(=O)OC(C)(C)C. The van der Waals surface area contributed by atoms with Gasteiger partial charge in [0.15, 0.2) is 5.43 Å². The number of anilines is 1. The number of carbonyl (C=O) groups is 1. The minimum absolute atomic E-state index is 0.236. The first-order valence-electron chi connectivity index (χ1n) is 11.5. The van der Waals surface area contributed by atoms with E-state index in [1.165, 1.54) is 16.0 Å². The van der Waals surface area contributed by atoms with Crippen molar-refractivity contribution in [3.63, 3.8) is 0 Å². The number of nitrogens with zero attached hydrogens (tertiary/aromatic N) is 3. The lowest BCUT2D eigenvalue weighted by molar-refractivity contribution is 0.0294. The van der Waals surface area contributed by atoms with Crippen LogP contribution >= 0.6 is 0 Å². The quantitative estimate of drug-likeness (QED) is 0.581. The summed E-state index contributed by atoms with van der Waals surface area (Å²) in [6.07, 6.45) is 4.77. The molecule has 8 heteroatoms. The Bertz CT molecular complexity index is 1240. The Balaban J connectivity index is 1.55. The van der Waals surface area contributed by atoms with Crippen LogP contribution in [0.1, 0.15) is 37.5 Å². The van der Waals surface area contributed by atoms with Crippen LogP contribution < -0.4 is 10.7 Å². The van der Waals surface area contributed by atoms with Gasteiger partial charge in [-0.3, -0.25) is 4.79 Å². The summed E-state index contributed by atoms with van der Waals surface area (Å²) in [5.74, 6) is 0. The predicted molar refractivity (Wildman–Crippen MR) is 132 cm³/mol. The van der Waals surface area contributed by atoms with Crippen LogP contribution in [0.4, 0.5) is 10.5 Å². The van der Waals surface area contributed by atoms with Gasteiger partial charge in [-0.25, -0.2) is 9.78 Å². The number of nitrogens with one attached hydrogen (secondary N) is 1. The van der Waals surface area contributed by atoms with Crippen molar-refractivity contribution in [1.82, 2.24) is 14.5 Å². The molecule has 0 bridgehead atoms. The number of hydrogen-bond acceptors (Lipinski definition) is 6. The van der Waals surface area contributed by atoms with Crippen molar-refractivity contribution in [2.24, 2.45) is 0 Å². The topological polar surface area (TPSA) is 96.7 Å². The summed E-state index contributed by atoms with van der Waals surface area (Å²) in [4.78, 5) is 31.3. The number of ether oxygens (including phenoxy) is 1. The van der Waals surface area contributed by atoms with E-state index in [-0.39, 0.29) is 18.1 Å². The molecule has 2 heterocycles. The van der Waals surface area contributed by atoms with Crippen molar-refractivity contribution >= 4 is 22.8 Å². The summed E-state index contributed by atoms with van der Waals surface area (Å²) in [6.45, 7) is 5.85. The predicted octanol–water partition coefficient (Wildman–Crippen LogP) is 3.34. The molecule has 1 aliphatic rings. The third kappa shape index (κ3) is 5.22. The molecule has 0 fully saturated rings. The molecule has 2 aromatic heterocycles. The van der Waals surface area contributed by atoms with Crippen LogP contribution in [0.5, 0.6) is 0 Å². The second-order valence-corrected chi connectivity index (χ2v) is 9.85. The average molecular weight is 465 g/mol. The summed E-state index contributed by atoms with van der Waals surface area (Å²) in [6, 6.07) is 10.4. The average Bonchev–Trinajstić information content (AvgIpc) is 3.19. The maximum atomic E-state index is 13.0. The minimum atomic E-state index is -0.578. The van der Waals surface area contributed by atoms with Gasteiger partial charge >= 0.3 is 6.09 Å². The molecule has 1 amide bonds. The third-order valence-electron chi connectivity index (χ3n) is 5.96. The van der Waals surface area contributed by atoms with Crippen LogP contribution in [0.3, 0.4) is 0 Å². The summed E-state index contributed by atoms with van der Waals surface area (Å²) in [5, 5.41) is 13.7. The van der Waals surface area contributed by atoms with Crippen LogP contribution in [0.2, 0.25) is 0 Å². The zero-order valence-corrected chi connectivity index (χ0v) is 20.2. The number of carbonyl (C=O) groups excluding carboxylic acids is 1. The highest BCUT2D eigenvalue weighted by molar-refractivity contribution is 5.79. The molecule has 0 aliphatic heterocycles. The van der Waals surface area contributed by atoms with Gasteiger partial charge < -0.3 is 24.6 Å². The lowest BCUT2D eigenvalue weighted by Crippen LogP contribution is -2.36. The van der Waals surface area contributed by atoms with Crippen LogP contribution in [0.15, 0.2) is 47.5 Å². The van der Waals surface area contributed by atoms with Crippen molar-refractivity contribution < 1.29 is 14.6 Å². The molecule has 180 valence electrons. The number of aliphatic hydroxyl groups excluding tert-OH is 1. The summed E-state index contributed by atoms with van der Waals surface area (Å²) < 4.78 is 7.21. The van der Waals surface area contributed by atoms with Gasteiger partial charge in [0.1, 0.15) is 11.2 Å². The van der Waals surface area contributed by atoms with Crippen LogP contribution in [0.25, 0.3) is 11.0 Å². The van der Waals surface area contributed by atoms with Crippen molar-refractivity contribution in [3.05, 3.63) is 69.6 Å². The zero-order valence-electron chi connectivity index (χ0n) is 20.2. The van der Waals surface area contributed by atoms with Gasteiger partial charge in [-0.15, -0.1) is 0 Å². The van der Waals surface area contributed by atoms with Crippen molar-refractivity contribution in [1.29, 1.82) is 0 Å². The normalized spacial score (nSPS) is 13.7. The lowest BCUT2D eigenvalue weighted by atomic mass is 10.1. The lowest BCUT2D eigenvalue weighted by Gasteiger charge is -2.25. The molecule has 4 rings (SSSR count). The van der Waals surface area contributed by atoms with E-state index in [1.807, 2.05) is 20.8 Å². The Hall–Kier alpha value is -3.39. The fraction of sp³-hybridized carbons (Fsp3) is 0.423. The highest BCUT2D eigenvalue weighted by Crippen LogP contribution is 2.25. The molecule has 34 heavy (non-hydrogen) atoms. The largest absolute Gasteiger partial charge is 0.444 e. The van der Waals surface area contributed by atoms with Crippen molar-refractivity contribution in [3.8, 4) is 0 Å². The molecule has 0 atom stereocenters. The Morgan fingerprint density at radius 2 is 1.94 bits per heavy atom. The van der Waals surface area contributed by atoms with Crippen molar-refractivity contribution in [2.45, 2.75) is 58.4 Å². The molecule has 1 aromatic carbocycles. The molecule has 0 unspecified atom stereocenters. The molecule has 0 spiro atoms. The summed E-state index contributed by atoms with van der Waals surface area (Å²) in [5.41, 5.74) is 3.45. The molecule has 0 radical (unpaired) electrons. The van der Waals surface area contributed by atoms with E-state index >= 15 is 0 Å². The first-order chi connectivity index (χ1) is 16.1. The van der Waals surface area contributed by atoms with Crippen molar-refractivity contribution in [2.75, 3.05) is 18.9 Å². The summed E-state index contributed by atoms with van der Waals surface area (Å²) in [7, 11) is 1.67. The third-order valence-corrected chi connectivity index (χ3v) is 5.96. The maximum Gasteiger partial charge on any atom is 0.410 e. The van der Waals surface area contributed by atoms with Gasteiger partial charge in [0.25, 0.3) is 0 Å². The van der Waals surface area contributed by atoms with Gasteiger partial charge in [0.05, 0.1) is 23.9 Å². The van der Waals surface area contributed by atoms with Gasteiger partial charge in [0.2, 0.25) is 0 Å². The van der Waals surface area contributed by atoms with Gasteiger partial charge in [-0.05, 0) is 50.8 Å². The van der Waals surface area contributed by atoms with E-state index in [0.29, 0.717) is 29.7 Å². The fourth-order valence-electron chi connectivity index (χ4n) is 4.28. The number of amides is 1. The number of pyridine rings is 2. The fourth-order valence-corrected chi connectivity index (χ4v) is 4.28. The van der Waals surface area contributed by atoms with Crippen LogP contribution in [-0.2, 0) is 30.7 Å². The first kappa shape index (κ1) is 23.8. The molecular formula is C26H32N4O4. The number of aliphatic hydroxyl groups is 1. The van der Waals surface area contributed by atoms with E-state index in [4.69, 9.17) is 4.74 Å². The Morgan fingerprint density at radius 3 is 2.56 bits per heavy atom. The highest BCUT2D eigenvalue weighted by Gasteiger charge is 2.22. The molecule has 2 N–H and O–H groups in total. The van der Waals surface area contributed by atoms with E-state index in [1.54, 1.807) is 30.1 Å². The molecule has 0 saturated heterocycles. The molecule has 1 aliphatic carbocycles. The number of rotatable bonds is 6. The standard InChI is InChI=1S/C26H32N4O4/c1-26(2,3)34-25(33)29(4)9-10-30-15-19(16-31)23(32)22-13-21(14-27-24(22)30)28-20-11-17-7-5-6-8-18(17)12-20/h5-8,13-15,20,28,31H,9-12,16H2,1-4H3. The van der Waals surface area contributed by atoms with Crippen LogP contribution in [0, 0.1) is 0 Å². The van der Waals surface area contributed by atoms with Gasteiger partial charge in [-0.2, -0.15) is 0 Å². The number of aromatic nitrogens is 2. The molecule has 3 aromatic rings.